The predicted molar refractivity (Wildman–Crippen MR) is 75.1 cm³/mol. The number of halogens is 2. The van der Waals surface area contributed by atoms with Crippen LogP contribution in [0.4, 0.5) is 0 Å². The summed E-state index contributed by atoms with van der Waals surface area (Å²) in [6.45, 7) is 0.592. The molecular weight excluding hydrogens is 269 g/mol. The molecule has 98 valence electrons. The maximum Gasteiger partial charge on any atom is 0.137 e. The molecule has 0 bridgehead atoms. The lowest BCUT2D eigenvalue weighted by Gasteiger charge is -2.40. The van der Waals surface area contributed by atoms with Crippen molar-refractivity contribution in [2.75, 3.05) is 6.54 Å². The van der Waals surface area contributed by atoms with Gasteiger partial charge in [-0.3, -0.25) is 4.79 Å². The Morgan fingerprint density at radius 2 is 1.89 bits per heavy atom. The van der Waals surface area contributed by atoms with E-state index in [2.05, 4.69) is 0 Å². The maximum atomic E-state index is 12.1. The van der Waals surface area contributed by atoms with Crippen LogP contribution in [0.2, 0.25) is 10.0 Å². The Morgan fingerprint density at radius 3 is 2.33 bits per heavy atom. The number of hydrogen-bond donors (Lipinski definition) is 1. The summed E-state index contributed by atoms with van der Waals surface area (Å²) in [5.41, 5.74) is 6.55. The molecule has 1 aliphatic rings. The topological polar surface area (TPSA) is 43.1 Å². The van der Waals surface area contributed by atoms with Crippen molar-refractivity contribution >= 4 is 29.0 Å². The van der Waals surface area contributed by atoms with E-state index in [4.69, 9.17) is 28.9 Å². The molecule has 0 aromatic heterocycles. The van der Waals surface area contributed by atoms with Crippen molar-refractivity contribution in [1.82, 2.24) is 0 Å². The minimum atomic E-state index is 0.0464. The van der Waals surface area contributed by atoms with Gasteiger partial charge < -0.3 is 5.73 Å². The third-order valence-electron chi connectivity index (χ3n) is 3.86. The summed E-state index contributed by atoms with van der Waals surface area (Å²) in [5.74, 6) is 0.176. The lowest BCUT2D eigenvalue weighted by atomic mass is 9.65. The highest BCUT2D eigenvalue weighted by Crippen LogP contribution is 2.43. The zero-order chi connectivity index (χ0) is 13.2. The molecule has 0 atom stereocenters. The van der Waals surface area contributed by atoms with Crippen LogP contribution in [0.25, 0.3) is 0 Å². The van der Waals surface area contributed by atoms with Crippen molar-refractivity contribution in [2.24, 2.45) is 11.1 Å². The van der Waals surface area contributed by atoms with Gasteiger partial charge in [0, 0.05) is 22.9 Å². The molecule has 0 amide bonds. The van der Waals surface area contributed by atoms with Crippen molar-refractivity contribution < 1.29 is 4.79 Å². The lowest BCUT2D eigenvalue weighted by Crippen LogP contribution is -2.39. The maximum absolute atomic E-state index is 12.1. The first-order valence-electron chi connectivity index (χ1n) is 6.21. The van der Waals surface area contributed by atoms with Gasteiger partial charge in [-0.05, 0) is 42.5 Å². The van der Waals surface area contributed by atoms with Gasteiger partial charge in [-0.1, -0.05) is 35.7 Å². The van der Waals surface area contributed by atoms with Gasteiger partial charge >= 0.3 is 0 Å². The zero-order valence-corrected chi connectivity index (χ0v) is 11.7. The van der Waals surface area contributed by atoms with E-state index in [1.54, 1.807) is 18.2 Å². The standard InChI is InChI=1S/C14H17Cl2NO/c15-12-3-1-4-13(16)11(12)7-10(18)8-14(9-17)5-2-6-14/h1,3-4H,2,5-9,17H2. The highest BCUT2D eigenvalue weighted by atomic mass is 35.5. The van der Waals surface area contributed by atoms with E-state index >= 15 is 0 Å². The second-order valence-corrected chi connectivity index (χ2v) is 5.96. The van der Waals surface area contributed by atoms with Gasteiger partial charge in [0.25, 0.3) is 0 Å². The molecule has 18 heavy (non-hydrogen) atoms. The quantitative estimate of drug-likeness (QED) is 0.898. The Hall–Kier alpha value is -0.570. The lowest BCUT2D eigenvalue weighted by molar-refractivity contribution is -0.122. The van der Waals surface area contributed by atoms with E-state index < -0.39 is 0 Å². The second kappa shape index (κ2) is 5.60. The number of nitrogens with two attached hydrogens (primary N) is 1. The van der Waals surface area contributed by atoms with Crippen LogP contribution in [0.3, 0.4) is 0 Å². The summed E-state index contributed by atoms with van der Waals surface area (Å²) >= 11 is 12.1. The predicted octanol–water partition coefficient (Wildman–Crippen LogP) is 3.62. The molecule has 0 unspecified atom stereocenters. The average molecular weight is 286 g/mol. The third kappa shape index (κ3) is 2.87. The highest BCUT2D eigenvalue weighted by molar-refractivity contribution is 6.36. The van der Waals surface area contributed by atoms with Gasteiger partial charge in [-0.15, -0.1) is 0 Å². The number of Topliss-reactive ketones (excluding diaryl/α,β-unsaturated/α-hetero) is 1. The Bertz CT molecular complexity index is 429. The van der Waals surface area contributed by atoms with Gasteiger partial charge in [0.2, 0.25) is 0 Å². The number of carbonyl (C=O) groups is 1. The van der Waals surface area contributed by atoms with Crippen molar-refractivity contribution in [3.05, 3.63) is 33.8 Å². The summed E-state index contributed by atoms with van der Waals surface area (Å²) in [6.07, 6.45) is 4.15. The van der Waals surface area contributed by atoms with Crippen molar-refractivity contribution in [1.29, 1.82) is 0 Å². The van der Waals surface area contributed by atoms with Crippen LogP contribution < -0.4 is 5.73 Å². The fraction of sp³-hybridized carbons (Fsp3) is 0.500. The van der Waals surface area contributed by atoms with Crippen molar-refractivity contribution in [3.63, 3.8) is 0 Å². The van der Waals surface area contributed by atoms with Crippen LogP contribution in [0.15, 0.2) is 18.2 Å². The summed E-state index contributed by atoms with van der Waals surface area (Å²) < 4.78 is 0. The Morgan fingerprint density at radius 1 is 1.28 bits per heavy atom. The summed E-state index contributed by atoms with van der Waals surface area (Å²) in [5, 5.41) is 1.12. The number of rotatable bonds is 5. The Labute approximate surface area is 117 Å². The molecule has 2 nitrogen and oxygen atoms in total. The molecular formula is C14H17Cl2NO. The first-order valence-corrected chi connectivity index (χ1v) is 6.97. The molecule has 1 aromatic rings. The van der Waals surface area contributed by atoms with E-state index in [0.717, 1.165) is 18.4 Å². The van der Waals surface area contributed by atoms with Crippen molar-refractivity contribution in [3.8, 4) is 0 Å². The van der Waals surface area contributed by atoms with Crippen LogP contribution in [-0.4, -0.2) is 12.3 Å². The number of hydrogen-bond acceptors (Lipinski definition) is 2. The molecule has 0 saturated heterocycles. The normalized spacial score (nSPS) is 17.3. The largest absolute Gasteiger partial charge is 0.330 e. The van der Waals surface area contributed by atoms with E-state index in [1.807, 2.05) is 0 Å². The SMILES string of the molecule is NCC1(CC(=O)Cc2c(Cl)cccc2Cl)CCC1. The van der Waals surface area contributed by atoms with E-state index in [1.165, 1.54) is 6.42 Å². The first-order chi connectivity index (χ1) is 8.56. The molecule has 1 aliphatic carbocycles. The summed E-state index contributed by atoms with van der Waals surface area (Å²) in [7, 11) is 0. The van der Waals surface area contributed by atoms with Crippen molar-refractivity contribution in [2.45, 2.75) is 32.1 Å². The van der Waals surface area contributed by atoms with Gasteiger partial charge in [0.15, 0.2) is 0 Å². The average Bonchev–Trinajstić information content (AvgIpc) is 2.29. The molecule has 0 aliphatic heterocycles. The molecule has 2 N–H and O–H groups in total. The zero-order valence-electron chi connectivity index (χ0n) is 10.2. The molecule has 4 heteroatoms. The smallest absolute Gasteiger partial charge is 0.137 e. The van der Waals surface area contributed by atoms with Crippen LogP contribution in [-0.2, 0) is 11.2 Å². The van der Waals surface area contributed by atoms with E-state index in [0.29, 0.717) is 29.4 Å². The fourth-order valence-electron chi connectivity index (χ4n) is 2.51. The summed E-state index contributed by atoms with van der Waals surface area (Å²) in [4.78, 5) is 12.1. The van der Waals surface area contributed by atoms with E-state index in [9.17, 15) is 4.79 Å². The number of carbonyl (C=O) groups excluding carboxylic acids is 1. The van der Waals surface area contributed by atoms with Crippen LogP contribution in [0, 0.1) is 5.41 Å². The number of benzene rings is 1. The van der Waals surface area contributed by atoms with Crippen LogP contribution >= 0.6 is 23.2 Å². The van der Waals surface area contributed by atoms with Crippen LogP contribution in [0.1, 0.15) is 31.2 Å². The van der Waals surface area contributed by atoms with Gasteiger partial charge in [0.1, 0.15) is 5.78 Å². The molecule has 1 fully saturated rings. The third-order valence-corrected chi connectivity index (χ3v) is 4.56. The minimum Gasteiger partial charge on any atom is -0.330 e. The molecule has 0 radical (unpaired) electrons. The first kappa shape index (κ1) is 13.9. The molecule has 2 rings (SSSR count). The molecule has 1 saturated carbocycles. The van der Waals surface area contributed by atoms with Gasteiger partial charge in [0.05, 0.1) is 0 Å². The Kier molecular flexibility index (Phi) is 4.31. The molecule has 0 heterocycles. The Balaban J connectivity index is 2.03. The van der Waals surface area contributed by atoms with Gasteiger partial charge in [-0.25, -0.2) is 0 Å². The number of ketones is 1. The fourth-order valence-corrected chi connectivity index (χ4v) is 3.04. The second-order valence-electron chi connectivity index (χ2n) is 5.15. The summed E-state index contributed by atoms with van der Waals surface area (Å²) in [6, 6.07) is 5.31. The monoisotopic (exact) mass is 285 g/mol. The highest BCUT2D eigenvalue weighted by Gasteiger charge is 2.37. The molecule has 1 aromatic carbocycles. The van der Waals surface area contributed by atoms with Crippen LogP contribution in [0.5, 0.6) is 0 Å². The van der Waals surface area contributed by atoms with Gasteiger partial charge in [-0.2, -0.15) is 0 Å². The minimum absolute atomic E-state index is 0.0464. The van der Waals surface area contributed by atoms with E-state index in [-0.39, 0.29) is 11.2 Å². The molecule has 0 spiro atoms.